The molecule has 0 saturated heterocycles. The summed E-state index contributed by atoms with van der Waals surface area (Å²) < 4.78 is 0. The van der Waals surface area contributed by atoms with Crippen molar-refractivity contribution in [2.24, 2.45) is 17.8 Å². The Balaban J connectivity index is 1.78. The fourth-order valence-electron chi connectivity index (χ4n) is 3.16. The van der Waals surface area contributed by atoms with E-state index in [0.717, 1.165) is 49.9 Å². The predicted octanol–water partition coefficient (Wildman–Crippen LogP) is 4.56. The monoisotopic (exact) mass is 364 g/mol. The zero-order valence-electron chi connectivity index (χ0n) is 15.4. The van der Waals surface area contributed by atoms with Gasteiger partial charge in [0.05, 0.1) is 0 Å². The molecule has 1 fully saturated rings. The standard InChI is InChI=1S/C20H29ClN2O2/c1-13(2)10-11-22-19(24)15-5-7-16(8-6-15)20(25)23-17-9-4-14(3)18(21)12-17/h4,9,12-13,15-16H,5-8,10-11H2,1-3H3,(H,22,24)(H,23,25). The number of aryl methyl sites for hydroxylation is 1. The Hall–Kier alpha value is -1.55. The van der Waals surface area contributed by atoms with Crippen molar-refractivity contribution in [3.63, 3.8) is 0 Å². The summed E-state index contributed by atoms with van der Waals surface area (Å²) in [6.07, 6.45) is 4.07. The number of amides is 2. The zero-order chi connectivity index (χ0) is 18.4. The van der Waals surface area contributed by atoms with E-state index in [1.165, 1.54) is 0 Å². The maximum Gasteiger partial charge on any atom is 0.227 e. The molecule has 0 atom stereocenters. The van der Waals surface area contributed by atoms with Crippen LogP contribution in [0.25, 0.3) is 0 Å². The number of carbonyl (C=O) groups excluding carboxylic acids is 2. The molecule has 1 aliphatic carbocycles. The van der Waals surface area contributed by atoms with Gasteiger partial charge in [-0.3, -0.25) is 9.59 Å². The fraction of sp³-hybridized carbons (Fsp3) is 0.600. The lowest BCUT2D eigenvalue weighted by Gasteiger charge is -2.27. The molecule has 5 heteroatoms. The highest BCUT2D eigenvalue weighted by atomic mass is 35.5. The number of benzene rings is 1. The third kappa shape index (κ3) is 6.03. The molecule has 2 N–H and O–H groups in total. The van der Waals surface area contributed by atoms with E-state index in [-0.39, 0.29) is 23.7 Å². The van der Waals surface area contributed by atoms with Crippen molar-refractivity contribution in [1.82, 2.24) is 5.32 Å². The summed E-state index contributed by atoms with van der Waals surface area (Å²) in [6.45, 7) is 6.97. The number of nitrogens with one attached hydrogen (secondary N) is 2. The van der Waals surface area contributed by atoms with E-state index >= 15 is 0 Å². The Labute approximate surface area is 155 Å². The second-order valence-corrected chi connectivity index (χ2v) is 7.88. The first-order chi connectivity index (χ1) is 11.9. The van der Waals surface area contributed by atoms with Gasteiger partial charge in [0.1, 0.15) is 0 Å². The molecule has 1 aromatic rings. The lowest BCUT2D eigenvalue weighted by Crippen LogP contribution is -2.36. The summed E-state index contributed by atoms with van der Waals surface area (Å²) in [4.78, 5) is 24.6. The molecule has 1 saturated carbocycles. The maximum atomic E-state index is 12.4. The van der Waals surface area contributed by atoms with Crippen molar-refractivity contribution in [1.29, 1.82) is 0 Å². The number of carbonyl (C=O) groups is 2. The second-order valence-electron chi connectivity index (χ2n) is 7.48. The van der Waals surface area contributed by atoms with Crippen LogP contribution in [-0.2, 0) is 9.59 Å². The molecule has 0 spiro atoms. The molecule has 0 heterocycles. The first-order valence-corrected chi connectivity index (χ1v) is 9.59. The summed E-state index contributed by atoms with van der Waals surface area (Å²) in [5, 5.41) is 6.62. The van der Waals surface area contributed by atoms with Crippen LogP contribution in [0.1, 0.15) is 51.5 Å². The highest BCUT2D eigenvalue weighted by Crippen LogP contribution is 2.30. The van der Waals surface area contributed by atoms with E-state index in [2.05, 4.69) is 24.5 Å². The number of anilines is 1. The van der Waals surface area contributed by atoms with Gasteiger partial charge in [0.2, 0.25) is 11.8 Å². The van der Waals surface area contributed by atoms with Gasteiger partial charge in [-0.1, -0.05) is 31.5 Å². The van der Waals surface area contributed by atoms with Crippen molar-refractivity contribution in [3.05, 3.63) is 28.8 Å². The van der Waals surface area contributed by atoms with Gasteiger partial charge in [-0.05, 0) is 62.6 Å². The van der Waals surface area contributed by atoms with E-state index in [9.17, 15) is 9.59 Å². The van der Waals surface area contributed by atoms with Gasteiger partial charge in [-0.25, -0.2) is 0 Å². The molecule has 1 aliphatic rings. The van der Waals surface area contributed by atoms with Crippen LogP contribution in [0, 0.1) is 24.7 Å². The fourth-order valence-corrected chi connectivity index (χ4v) is 3.34. The lowest BCUT2D eigenvalue weighted by atomic mass is 9.81. The van der Waals surface area contributed by atoms with Gasteiger partial charge in [0.15, 0.2) is 0 Å². The Kier molecular flexibility index (Phi) is 7.30. The highest BCUT2D eigenvalue weighted by Gasteiger charge is 2.29. The summed E-state index contributed by atoms with van der Waals surface area (Å²) in [6, 6.07) is 5.55. The number of hydrogen-bond donors (Lipinski definition) is 2. The van der Waals surface area contributed by atoms with E-state index in [0.29, 0.717) is 10.9 Å². The van der Waals surface area contributed by atoms with Gasteiger partial charge in [-0.15, -0.1) is 0 Å². The van der Waals surface area contributed by atoms with E-state index in [4.69, 9.17) is 11.6 Å². The van der Waals surface area contributed by atoms with Crippen molar-refractivity contribution in [2.45, 2.75) is 52.9 Å². The number of rotatable bonds is 6. The highest BCUT2D eigenvalue weighted by molar-refractivity contribution is 6.31. The zero-order valence-corrected chi connectivity index (χ0v) is 16.2. The number of hydrogen-bond acceptors (Lipinski definition) is 2. The minimum atomic E-state index is -0.0280. The topological polar surface area (TPSA) is 58.2 Å². The summed E-state index contributed by atoms with van der Waals surface area (Å²) in [5.41, 5.74) is 1.72. The third-order valence-corrected chi connectivity index (χ3v) is 5.34. The minimum Gasteiger partial charge on any atom is -0.356 e. The quantitative estimate of drug-likeness (QED) is 0.777. The average molecular weight is 365 g/mol. The summed E-state index contributed by atoms with van der Waals surface area (Å²) in [7, 11) is 0. The molecule has 25 heavy (non-hydrogen) atoms. The van der Waals surface area contributed by atoms with E-state index in [1.54, 1.807) is 6.07 Å². The Bertz CT molecular complexity index is 608. The van der Waals surface area contributed by atoms with Crippen LogP contribution >= 0.6 is 11.6 Å². The van der Waals surface area contributed by atoms with Gasteiger partial charge < -0.3 is 10.6 Å². The SMILES string of the molecule is Cc1ccc(NC(=O)C2CCC(C(=O)NCCC(C)C)CC2)cc1Cl. The predicted molar refractivity (Wildman–Crippen MR) is 103 cm³/mol. The smallest absolute Gasteiger partial charge is 0.227 e. The van der Waals surface area contributed by atoms with Crippen LogP contribution in [0.3, 0.4) is 0 Å². The van der Waals surface area contributed by atoms with Gasteiger partial charge >= 0.3 is 0 Å². The molecule has 0 radical (unpaired) electrons. The van der Waals surface area contributed by atoms with Crippen LogP contribution in [0.4, 0.5) is 5.69 Å². The lowest BCUT2D eigenvalue weighted by molar-refractivity contribution is -0.128. The molecule has 4 nitrogen and oxygen atoms in total. The van der Waals surface area contributed by atoms with Crippen LogP contribution < -0.4 is 10.6 Å². The van der Waals surface area contributed by atoms with Crippen LogP contribution in [0.2, 0.25) is 5.02 Å². The molecule has 0 aromatic heterocycles. The average Bonchev–Trinajstić information content (AvgIpc) is 2.58. The van der Waals surface area contributed by atoms with Crippen LogP contribution in [0.15, 0.2) is 18.2 Å². The minimum absolute atomic E-state index is 0.0265. The Morgan fingerprint density at radius 2 is 1.72 bits per heavy atom. The first kappa shape index (κ1) is 19.8. The molecule has 138 valence electrons. The molecule has 0 unspecified atom stereocenters. The van der Waals surface area contributed by atoms with E-state index in [1.807, 2.05) is 19.1 Å². The van der Waals surface area contributed by atoms with E-state index < -0.39 is 0 Å². The molecule has 2 rings (SSSR count). The van der Waals surface area contributed by atoms with Gasteiger partial charge in [0, 0.05) is 29.1 Å². The van der Waals surface area contributed by atoms with Crippen molar-refractivity contribution < 1.29 is 9.59 Å². The summed E-state index contributed by atoms with van der Waals surface area (Å²) >= 11 is 6.10. The van der Waals surface area contributed by atoms with Crippen molar-refractivity contribution >= 4 is 29.1 Å². The van der Waals surface area contributed by atoms with Crippen LogP contribution in [-0.4, -0.2) is 18.4 Å². The Morgan fingerprint density at radius 3 is 2.28 bits per heavy atom. The second kappa shape index (κ2) is 9.23. The third-order valence-electron chi connectivity index (χ3n) is 4.93. The first-order valence-electron chi connectivity index (χ1n) is 9.21. The van der Waals surface area contributed by atoms with Crippen molar-refractivity contribution in [3.8, 4) is 0 Å². The molecular weight excluding hydrogens is 336 g/mol. The maximum absolute atomic E-state index is 12.4. The van der Waals surface area contributed by atoms with Gasteiger partial charge in [0.25, 0.3) is 0 Å². The molecule has 2 amide bonds. The summed E-state index contributed by atoms with van der Waals surface area (Å²) in [5.74, 6) is 0.781. The van der Waals surface area contributed by atoms with Gasteiger partial charge in [-0.2, -0.15) is 0 Å². The van der Waals surface area contributed by atoms with Crippen LogP contribution in [0.5, 0.6) is 0 Å². The Morgan fingerprint density at radius 1 is 1.12 bits per heavy atom. The molecule has 1 aromatic carbocycles. The van der Waals surface area contributed by atoms with Crippen molar-refractivity contribution in [2.75, 3.05) is 11.9 Å². The molecule has 0 aliphatic heterocycles. The molecular formula is C20H29ClN2O2. The number of halogens is 1. The normalized spacial score (nSPS) is 20.4. The largest absolute Gasteiger partial charge is 0.356 e. The molecule has 0 bridgehead atoms.